The molecule has 0 saturated heterocycles. The molecule has 0 aromatic heterocycles. The molecule has 21 heavy (non-hydrogen) atoms. The molecule has 0 bridgehead atoms. The number of unbranched alkanes of at least 4 members (excludes halogenated alkanes) is 3. The first-order valence-corrected chi connectivity index (χ1v) is 12.8. The van der Waals surface area contributed by atoms with E-state index in [4.69, 9.17) is 0 Å². The second-order valence-corrected chi connectivity index (χ2v) is 13.8. The van der Waals surface area contributed by atoms with Crippen LogP contribution in [0.2, 0.25) is 10.9 Å². The zero-order chi connectivity index (χ0) is 14.3. The summed E-state index contributed by atoms with van der Waals surface area (Å²) in [6.45, 7) is 2.29. The van der Waals surface area contributed by atoms with E-state index in [-0.39, 0.29) is 24.0 Å². The van der Waals surface area contributed by atoms with Crippen LogP contribution in [0.4, 0.5) is 0 Å². The first-order chi connectivity index (χ1) is 9.77. The summed E-state index contributed by atoms with van der Waals surface area (Å²) in [5, 5.41) is 1.40. The van der Waals surface area contributed by atoms with E-state index >= 15 is 0 Å². The maximum absolute atomic E-state index is 2.56. The predicted octanol–water partition coefficient (Wildman–Crippen LogP) is 1.46. The number of hydrogen-bond donors (Lipinski definition) is 0. The predicted molar refractivity (Wildman–Crippen MR) is 92.7 cm³/mol. The molecular weight excluding hydrogens is 430 g/mol. The molecule has 0 nitrogen and oxygen atoms in total. The number of rotatable bonds is 7. The second-order valence-electron chi connectivity index (χ2n) is 5.65. The van der Waals surface area contributed by atoms with Crippen LogP contribution >= 0.6 is 0 Å². The van der Waals surface area contributed by atoms with Crippen molar-refractivity contribution >= 4 is 22.3 Å². The van der Waals surface area contributed by atoms with E-state index < -0.39 is 13.6 Å². The van der Waals surface area contributed by atoms with E-state index in [9.17, 15) is 0 Å². The van der Waals surface area contributed by atoms with Crippen LogP contribution in [0.25, 0.3) is 0 Å². The molecule has 114 valence electrons. The molecule has 0 heterocycles. The smallest absolute Gasteiger partial charge is 1.00 e. The fourth-order valence-electron chi connectivity index (χ4n) is 2.78. The molecule has 0 aliphatic carbocycles. The summed E-state index contributed by atoms with van der Waals surface area (Å²) in [5.74, 6) is 0. The normalized spacial score (nSPS) is 11.0. The van der Waals surface area contributed by atoms with E-state index in [1.807, 2.05) is 0 Å². The Morgan fingerprint density at radius 2 is 1.19 bits per heavy atom. The van der Waals surface area contributed by atoms with Gasteiger partial charge in [-0.2, -0.15) is 0 Å². The Hall–Kier alpha value is -0.272. The minimum atomic E-state index is -1.95. The van der Waals surface area contributed by atoms with Gasteiger partial charge < -0.3 is 24.0 Å². The SMILES string of the molecule is CCCCCC[As+](C)(c1ccccc1)c1ccccc1.[I-]. The van der Waals surface area contributed by atoms with Crippen LogP contribution in [0.1, 0.15) is 32.6 Å². The molecular formula is C19H26AsI. The fourth-order valence-corrected chi connectivity index (χ4v) is 9.76. The zero-order valence-corrected chi connectivity index (χ0v) is 17.2. The molecule has 2 heteroatoms. The standard InChI is InChI=1S/C19H26As.HI/c1-3-4-5-12-17-20(2,18-13-8-6-9-14-18)19-15-10-7-11-16-19;/h6-11,13-16H,3-5,12,17H2,1-2H3;1H/q+1;/p-1. The van der Waals surface area contributed by atoms with Gasteiger partial charge in [0, 0.05) is 0 Å². The molecule has 0 fully saturated rings. The van der Waals surface area contributed by atoms with Crippen molar-refractivity contribution in [1.82, 2.24) is 0 Å². The van der Waals surface area contributed by atoms with Gasteiger partial charge in [-0.1, -0.05) is 0 Å². The molecule has 0 unspecified atom stereocenters. The Morgan fingerprint density at radius 3 is 1.62 bits per heavy atom. The van der Waals surface area contributed by atoms with Gasteiger partial charge in [0.1, 0.15) is 0 Å². The summed E-state index contributed by atoms with van der Waals surface area (Å²) in [4.78, 5) is 0. The van der Waals surface area contributed by atoms with Gasteiger partial charge in [0.15, 0.2) is 0 Å². The van der Waals surface area contributed by atoms with Crippen LogP contribution < -0.4 is 32.7 Å². The van der Waals surface area contributed by atoms with Gasteiger partial charge in [-0.3, -0.25) is 0 Å². The first kappa shape index (κ1) is 18.8. The van der Waals surface area contributed by atoms with Crippen molar-refractivity contribution < 1.29 is 24.0 Å². The van der Waals surface area contributed by atoms with Gasteiger partial charge in [-0.15, -0.1) is 0 Å². The van der Waals surface area contributed by atoms with E-state index in [2.05, 4.69) is 73.3 Å². The average molecular weight is 456 g/mol. The summed E-state index contributed by atoms with van der Waals surface area (Å²) in [6.07, 6.45) is 5.45. The topological polar surface area (TPSA) is 0 Å². The van der Waals surface area contributed by atoms with Crippen molar-refractivity contribution in [3.8, 4) is 0 Å². The van der Waals surface area contributed by atoms with E-state index in [1.54, 1.807) is 8.70 Å². The molecule has 2 aromatic rings. The summed E-state index contributed by atoms with van der Waals surface area (Å²) in [7, 11) is 0. The van der Waals surface area contributed by atoms with Gasteiger partial charge >= 0.3 is 126 Å². The van der Waals surface area contributed by atoms with Gasteiger partial charge in [-0.25, -0.2) is 0 Å². The average Bonchev–Trinajstić information content (AvgIpc) is 2.53. The maximum atomic E-state index is 2.56. The van der Waals surface area contributed by atoms with Crippen molar-refractivity contribution in [3.05, 3.63) is 60.7 Å². The van der Waals surface area contributed by atoms with Gasteiger partial charge in [0.25, 0.3) is 0 Å². The summed E-state index contributed by atoms with van der Waals surface area (Å²) < 4.78 is 3.21. The fraction of sp³-hybridized carbons (Fsp3) is 0.368. The summed E-state index contributed by atoms with van der Waals surface area (Å²) in [6, 6.07) is 22.4. The van der Waals surface area contributed by atoms with E-state index in [1.165, 1.54) is 30.9 Å². The molecule has 0 aliphatic rings. The molecule has 0 saturated carbocycles. The van der Waals surface area contributed by atoms with Gasteiger partial charge in [-0.05, 0) is 0 Å². The van der Waals surface area contributed by atoms with E-state index in [0.717, 1.165) is 0 Å². The van der Waals surface area contributed by atoms with Crippen LogP contribution in [0, 0.1) is 0 Å². The quantitative estimate of drug-likeness (QED) is 0.337. The molecule has 0 spiro atoms. The maximum Gasteiger partial charge on any atom is -1.00 e. The van der Waals surface area contributed by atoms with Crippen molar-refractivity contribution in [3.63, 3.8) is 0 Å². The van der Waals surface area contributed by atoms with Crippen LogP contribution in [0.15, 0.2) is 60.7 Å². The minimum Gasteiger partial charge on any atom is -1.00 e. The van der Waals surface area contributed by atoms with Crippen LogP contribution in [0.3, 0.4) is 0 Å². The van der Waals surface area contributed by atoms with Crippen molar-refractivity contribution in [1.29, 1.82) is 0 Å². The molecule has 2 aromatic carbocycles. The monoisotopic (exact) mass is 456 g/mol. The number of hydrogen-bond acceptors (Lipinski definition) is 0. The Kier molecular flexibility index (Phi) is 8.66. The first-order valence-electron chi connectivity index (χ1n) is 7.74. The third kappa shape index (κ3) is 5.14. The third-order valence-corrected chi connectivity index (χ3v) is 12.7. The largest absolute Gasteiger partial charge is 1.00 e. The third-order valence-electron chi connectivity index (χ3n) is 4.11. The zero-order valence-electron chi connectivity index (χ0n) is 13.1. The number of halogens is 1. The Bertz CT molecular complexity index is 456. The Labute approximate surface area is 149 Å². The molecule has 0 amide bonds. The molecule has 0 aliphatic heterocycles. The van der Waals surface area contributed by atoms with Crippen LogP contribution in [-0.4, -0.2) is 13.6 Å². The van der Waals surface area contributed by atoms with Crippen molar-refractivity contribution in [2.24, 2.45) is 0 Å². The van der Waals surface area contributed by atoms with E-state index in [0.29, 0.717) is 0 Å². The molecule has 0 N–H and O–H groups in total. The molecule has 2 rings (SSSR count). The van der Waals surface area contributed by atoms with Crippen molar-refractivity contribution in [2.75, 3.05) is 0 Å². The Balaban J connectivity index is 0.00000220. The minimum absolute atomic E-state index is 0. The summed E-state index contributed by atoms with van der Waals surface area (Å²) >= 11 is -1.95. The summed E-state index contributed by atoms with van der Waals surface area (Å²) in [5.41, 5.74) is 2.56. The molecule has 0 atom stereocenters. The number of benzene rings is 2. The van der Waals surface area contributed by atoms with Gasteiger partial charge in [0.2, 0.25) is 0 Å². The second kappa shape index (κ2) is 9.69. The van der Waals surface area contributed by atoms with Crippen molar-refractivity contribution in [2.45, 2.75) is 43.5 Å². The van der Waals surface area contributed by atoms with Crippen LogP contribution in [0.5, 0.6) is 0 Å². The Morgan fingerprint density at radius 1 is 0.714 bits per heavy atom. The van der Waals surface area contributed by atoms with Gasteiger partial charge in [0.05, 0.1) is 0 Å². The van der Waals surface area contributed by atoms with Crippen LogP contribution in [-0.2, 0) is 0 Å². The molecule has 0 radical (unpaired) electrons.